The van der Waals surface area contributed by atoms with Crippen molar-refractivity contribution in [3.63, 3.8) is 0 Å². The average Bonchev–Trinajstić information content (AvgIpc) is 2.38. The largest absolute Gasteiger partial charge is 0.488 e. The van der Waals surface area contributed by atoms with E-state index in [1.54, 1.807) is 0 Å². The smallest absolute Gasteiger partial charge is 0.339 e. The zero-order valence-corrected chi connectivity index (χ0v) is 11.4. The molecule has 0 aliphatic rings. The van der Waals surface area contributed by atoms with Gasteiger partial charge >= 0.3 is 5.97 Å². The predicted molar refractivity (Wildman–Crippen MR) is 71.8 cm³/mol. The fourth-order valence-electron chi connectivity index (χ4n) is 1.53. The molecule has 0 saturated heterocycles. The van der Waals surface area contributed by atoms with Crippen LogP contribution in [0.4, 0.5) is 4.39 Å². The molecular formula is C14H10BrFO3. The first-order valence-corrected chi connectivity index (χ1v) is 6.25. The lowest BCUT2D eigenvalue weighted by atomic mass is 10.2. The summed E-state index contributed by atoms with van der Waals surface area (Å²) in [6.07, 6.45) is 0. The van der Waals surface area contributed by atoms with Crippen molar-refractivity contribution in [1.29, 1.82) is 0 Å². The summed E-state index contributed by atoms with van der Waals surface area (Å²) in [4.78, 5) is 11.0. The van der Waals surface area contributed by atoms with E-state index in [0.29, 0.717) is 0 Å². The van der Waals surface area contributed by atoms with Crippen molar-refractivity contribution in [2.75, 3.05) is 0 Å². The molecule has 0 aliphatic heterocycles. The van der Waals surface area contributed by atoms with Gasteiger partial charge in [0.15, 0.2) is 0 Å². The molecule has 0 spiro atoms. The first kappa shape index (κ1) is 13.5. The van der Waals surface area contributed by atoms with Crippen molar-refractivity contribution < 1.29 is 19.0 Å². The Balaban J connectivity index is 2.16. The van der Waals surface area contributed by atoms with Gasteiger partial charge in [-0.1, -0.05) is 28.1 Å². The van der Waals surface area contributed by atoms with Gasteiger partial charge in [-0.25, -0.2) is 9.18 Å². The third kappa shape index (κ3) is 3.54. The van der Waals surface area contributed by atoms with Gasteiger partial charge in [0.05, 0.1) is 0 Å². The molecule has 0 unspecified atom stereocenters. The number of hydrogen-bond acceptors (Lipinski definition) is 2. The minimum absolute atomic E-state index is 0.0235. The Labute approximate surface area is 117 Å². The minimum atomic E-state index is -1.15. The highest BCUT2D eigenvalue weighted by Crippen LogP contribution is 2.21. The molecule has 0 radical (unpaired) electrons. The van der Waals surface area contributed by atoms with Crippen molar-refractivity contribution in [3.8, 4) is 5.75 Å². The van der Waals surface area contributed by atoms with Gasteiger partial charge in [0.25, 0.3) is 0 Å². The predicted octanol–water partition coefficient (Wildman–Crippen LogP) is 3.87. The fraction of sp³-hybridized carbons (Fsp3) is 0.0714. The Kier molecular flexibility index (Phi) is 4.16. The van der Waals surface area contributed by atoms with E-state index in [-0.39, 0.29) is 17.9 Å². The zero-order valence-electron chi connectivity index (χ0n) is 9.77. The van der Waals surface area contributed by atoms with Crippen LogP contribution in [0.15, 0.2) is 46.9 Å². The van der Waals surface area contributed by atoms with E-state index >= 15 is 0 Å². The standard InChI is InChI=1S/C14H10BrFO3/c15-10-3-1-9(2-4-10)8-19-13-7-11(16)5-6-12(13)14(17)18/h1-7H,8H2,(H,17,18). The van der Waals surface area contributed by atoms with Crippen LogP contribution in [-0.4, -0.2) is 11.1 Å². The molecule has 2 aromatic rings. The molecule has 2 aromatic carbocycles. The maximum atomic E-state index is 13.1. The molecule has 1 N–H and O–H groups in total. The highest BCUT2D eigenvalue weighted by atomic mass is 79.9. The molecular weight excluding hydrogens is 315 g/mol. The van der Waals surface area contributed by atoms with E-state index in [9.17, 15) is 9.18 Å². The van der Waals surface area contributed by atoms with Gasteiger partial charge in [0.2, 0.25) is 0 Å². The minimum Gasteiger partial charge on any atom is -0.488 e. The summed E-state index contributed by atoms with van der Waals surface area (Å²) >= 11 is 3.31. The first-order valence-electron chi connectivity index (χ1n) is 5.46. The molecule has 3 nitrogen and oxygen atoms in total. The molecule has 0 aliphatic carbocycles. The molecule has 98 valence electrons. The molecule has 0 atom stereocenters. The molecule has 19 heavy (non-hydrogen) atoms. The van der Waals surface area contributed by atoms with E-state index in [4.69, 9.17) is 9.84 Å². The van der Waals surface area contributed by atoms with Crippen molar-refractivity contribution in [1.82, 2.24) is 0 Å². The lowest BCUT2D eigenvalue weighted by molar-refractivity contribution is 0.0691. The van der Waals surface area contributed by atoms with Crippen molar-refractivity contribution >= 4 is 21.9 Å². The summed E-state index contributed by atoms with van der Waals surface area (Å²) in [5.41, 5.74) is 0.808. The van der Waals surface area contributed by atoms with Crippen molar-refractivity contribution in [2.24, 2.45) is 0 Å². The lowest BCUT2D eigenvalue weighted by Crippen LogP contribution is -2.03. The maximum absolute atomic E-state index is 13.1. The number of benzene rings is 2. The number of carboxylic acid groups (broad SMARTS) is 1. The van der Waals surface area contributed by atoms with Gasteiger partial charge in [-0.05, 0) is 29.8 Å². The Bertz CT molecular complexity index is 596. The fourth-order valence-corrected chi connectivity index (χ4v) is 1.80. The average molecular weight is 325 g/mol. The second-order valence-corrected chi connectivity index (χ2v) is 4.78. The van der Waals surface area contributed by atoms with Gasteiger partial charge < -0.3 is 9.84 Å². The Morgan fingerprint density at radius 1 is 1.21 bits per heavy atom. The number of rotatable bonds is 4. The number of halogens is 2. The monoisotopic (exact) mass is 324 g/mol. The van der Waals surface area contributed by atoms with Crippen LogP contribution in [0, 0.1) is 5.82 Å². The van der Waals surface area contributed by atoms with Crippen molar-refractivity contribution in [2.45, 2.75) is 6.61 Å². The summed E-state index contributed by atoms with van der Waals surface area (Å²) < 4.78 is 19.4. The van der Waals surface area contributed by atoms with Crippen LogP contribution >= 0.6 is 15.9 Å². The number of ether oxygens (including phenoxy) is 1. The third-order valence-electron chi connectivity index (χ3n) is 2.48. The number of hydrogen-bond donors (Lipinski definition) is 1. The second-order valence-electron chi connectivity index (χ2n) is 3.86. The first-order chi connectivity index (χ1) is 9.06. The van der Waals surface area contributed by atoms with Gasteiger partial charge in [-0.3, -0.25) is 0 Å². The summed E-state index contributed by atoms with van der Waals surface area (Å²) in [6, 6.07) is 10.7. The Morgan fingerprint density at radius 3 is 2.53 bits per heavy atom. The normalized spacial score (nSPS) is 10.2. The van der Waals surface area contributed by atoms with Gasteiger partial charge in [-0.15, -0.1) is 0 Å². The van der Waals surface area contributed by atoms with Crippen LogP contribution in [0.1, 0.15) is 15.9 Å². The Morgan fingerprint density at radius 2 is 1.89 bits per heavy atom. The van der Waals surface area contributed by atoms with Crippen LogP contribution in [-0.2, 0) is 6.61 Å². The lowest BCUT2D eigenvalue weighted by Gasteiger charge is -2.09. The number of aromatic carboxylic acids is 1. The summed E-state index contributed by atoms with van der Waals surface area (Å²) in [7, 11) is 0. The van der Waals surface area contributed by atoms with E-state index in [1.165, 1.54) is 6.07 Å². The molecule has 0 aromatic heterocycles. The molecule has 0 heterocycles. The van der Waals surface area contributed by atoms with E-state index in [1.807, 2.05) is 24.3 Å². The van der Waals surface area contributed by atoms with Gasteiger partial charge in [0.1, 0.15) is 23.7 Å². The van der Waals surface area contributed by atoms with E-state index in [2.05, 4.69) is 15.9 Å². The molecule has 0 amide bonds. The summed E-state index contributed by atoms with van der Waals surface area (Å²) in [5.74, 6) is -1.66. The maximum Gasteiger partial charge on any atom is 0.339 e. The van der Waals surface area contributed by atoms with Crippen LogP contribution in [0.25, 0.3) is 0 Å². The van der Waals surface area contributed by atoms with Crippen LogP contribution < -0.4 is 4.74 Å². The topological polar surface area (TPSA) is 46.5 Å². The molecule has 0 fully saturated rings. The van der Waals surface area contributed by atoms with Gasteiger partial charge in [0, 0.05) is 10.5 Å². The zero-order chi connectivity index (χ0) is 13.8. The van der Waals surface area contributed by atoms with Crippen LogP contribution in [0.5, 0.6) is 5.75 Å². The quantitative estimate of drug-likeness (QED) is 0.928. The van der Waals surface area contributed by atoms with Crippen LogP contribution in [0.2, 0.25) is 0 Å². The highest BCUT2D eigenvalue weighted by molar-refractivity contribution is 9.10. The van der Waals surface area contributed by atoms with E-state index in [0.717, 1.165) is 22.2 Å². The number of carbonyl (C=O) groups is 1. The summed E-state index contributed by atoms with van der Waals surface area (Å²) in [5, 5.41) is 8.98. The van der Waals surface area contributed by atoms with Gasteiger partial charge in [-0.2, -0.15) is 0 Å². The van der Waals surface area contributed by atoms with Crippen LogP contribution in [0.3, 0.4) is 0 Å². The second kappa shape index (κ2) is 5.84. The summed E-state index contributed by atoms with van der Waals surface area (Å²) in [6.45, 7) is 0.178. The highest BCUT2D eigenvalue weighted by Gasteiger charge is 2.12. The van der Waals surface area contributed by atoms with Crippen molar-refractivity contribution in [3.05, 3.63) is 63.9 Å². The van der Waals surface area contributed by atoms with E-state index < -0.39 is 11.8 Å². The molecule has 2 rings (SSSR count). The third-order valence-corrected chi connectivity index (χ3v) is 3.01. The Hall–Kier alpha value is -1.88. The molecule has 0 saturated carbocycles. The SMILES string of the molecule is O=C(O)c1ccc(F)cc1OCc1ccc(Br)cc1. The molecule has 0 bridgehead atoms. The molecule has 5 heteroatoms. The number of carboxylic acids is 1.